The Hall–Kier alpha value is -1.25. The Labute approximate surface area is 65.6 Å². The molecule has 0 aliphatic heterocycles. The summed E-state index contributed by atoms with van der Waals surface area (Å²) in [5.74, 6) is -0.497. The lowest BCUT2D eigenvalue weighted by molar-refractivity contribution is 0.0695. The monoisotopic (exact) mass is 156 g/mol. The van der Waals surface area contributed by atoms with Crippen LogP contribution in [0.15, 0.2) is 16.7 Å². The van der Waals surface area contributed by atoms with Gasteiger partial charge in [-0.2, -0.15) is 0 Å². The van der Waals surface area contributed by atoms with Crippen molar-refractivity contribution in [3.8, 4) is 0 Å². The van der Waals surface area contributed by atoms with Gasteiger partial charge in [0, 0.05) is 0 Å². The molecule has 1 heterocycles. The third-order valence-corrected chi connectivity index (χ3v) is 1.09. The van der Waals surface area contributed by atoms with Gasteiger partial charge >= 0.3 is 5.97 Å². The third-order valence-electron chi connectivity index (χ3n) is 1.09. The lowest BCUT2D eigenvalue weighted by Gasteiger charge is -1.85. The molecule has 0 aliphatic rings. The molecule has 0 saturated heterocycles. The van der Waals surface area contributed by atoms with Crippen LogP contribution in [0.2, 0.25) is 0 Å². The Morgan fingerprint density at radius 1 is 1.55 bits per heavy atom. The molecule has 0 radical (unpaired) electrons. The van der Waals surface area contributed by atoms with Crippen molar-refractivity contribution in [2.24, 2.45) is 0 Å². The van der Waals surface area contributed by atoms with Gasteiger partial charge in [-0.05, 0) is 13.0 Å². The number of rotatable bonds is 1. The second-order valence-corrected chi connectivity index (χ2v) is 1.70. The fourth-order valence-electron chi connectivity index (χ4n) is 0.607. The molecule has 0 bridgehead atoms. The molecule has 0 unspecified atom stereocenters. The van der Waals surface area contributed by atoms with Crippen LogP contribution >= 0.6 is 0 Å². The van der Waals surface area contributed by atoms with E-state index in [0.717, 1.165) is 0 Å². The molecule has 0 atom stereocenters. The van der Waals surface area contributed by atoms with E-state index in [-0.39, 0.29) is 5.56 Å². The molecule has 0 aliphatic carbocycles. The maximum atomic E-state index is 10.2. The number of aryl methyl sites for hydroxylation is 1. The maximum Gasteiger partial charge on any atom is 0.339 e. The van der Waals surface area contributed by atoms with E-state index in [4.69, 9.17) is 9.52 Å². The van der Waals surface area contributed by atoms with Crippen LogP contribution in [-0.4, -0.2) is 11.1 Å². The van der Waals surface area contributed by atoms with Gasteiger partial charge in [0.15, 0.2) is 0 Å². The molecular weight excluding hydrogens is 144 g/mol. The fourth-order valence-corrected chi connectivity index (χ4v) is 0.607. The van der Waals surface area contributed by atoms with Crippen LogP contribution in [0.5, 0.6) is 0 Å². The number of hydrogen-bond acceptors (Lipinski definition) is 2. The average molecular weight is 156 g/mol. The summed E-state index contributed by atoms with van der Waals surface area (Å²) in [5.41, 5.74) is 0.231. The van der Waals surface area contributed by atoms with Gasteiger partial charge in [0.1, 0.15) is 11.3 Å². The van der Waals surface area contributed by atoms with Crippen LogP contribution in [-0.2, 0) is 0 Å². The van der Waals surface area contributed by atoms with Gasteiger partial charge in [0.05, 0.1) is 6.26 Å². The number of hydrogen-bond donors (Lipinski definition) is 1. The third kappa shape index (κ3) is 2.45. The van der Waals surface area contributed by atoms with Gasteiger partial charge in [-0.1, -0.05) is 13.8 Å². The van der Waals surface area contributed by atoms with E-state index in [9.17, 15) is 4.79 Å². The van der Waals surface area contributed by atoms with E-state index in [1.165, 1.54) is 12.3 Å². The Bertz CT molecular complexity index is 225. The largest absolute Gasteiger partial charge is 0.478 e. The van der Waals surface area contributed by atoms with E-state index in [0.29, 0.717) is 5.76 Å². The first-order chi connectivity index (χ1) is 5.22. The lowest BCUT2D eigenvalue weighted by Crippen LogP contribution is -1.94. The summed E-state index contributed by atoms with van der Waals surface area (Å²) in [6.07, 6.45) is 1.36. The zero-order valence-electron chi connectivity index (χ0n) is 6.92. The van der Waals surface area contributed by atoms with Crippen molar-refractivity contribution in [2.45, 2.75) is 20.8 Å². The Kier molecular flexibility index (Phi) is 4.03. The summed E-state index contributed by atoms with van der Waals surface area (Å²) in [6.45, 7) is 5.61. The van der Waals surface area contributed by atoms with Gasteiger partial charge in [0.25, 0.3) is 0 Å². The molecule has 0 saturated carbocycles. The lowest BCUT2D eigenvalue weighted by atomic mass is 10.3. The molecule has 3 nitrogen and oxygen atoms in total. The summed E-state index contributed by atoms with van der Waals surface area (Å²) < 4.78 is 4.74. The van der Waals surface area contributed by atoms with Gasteiger partial charge in [0.2, 0.25) is 0 Å². The number of aromatic carboxylic acids is 1. The highest BCUT2D eigenvalue weighted by molar-refractivity contribution is 5.88. The Morgan fingerprint density at radius 3 is 2.27 bits per heavy atom. The number of carboxylic acid groups (broad SMARTS) is 1. The topological polar surface area (TPSA) is 50.4 Å². The smallest absolute Gasteiger partial charge is 0.339 e. The quantitative estimate of drug-likeness (QED) is 0.678. The van der Waals surface area contributed by atoms with Crippen LogP contribution < -0.4 is 0 Å². The normalized spacial score (nSPS) is 8.27. The van der Waals surface area contributed by atoms with Crippen molar-refractivity contribution in [2.75, 3.05) is 0 Å². The van der Waals surface area contributed by atoms with Crippen LogP contribution in [0.25, 0.3) is 0 Å². The summed E-state index contributed by atoms with van der Waals surface area (Å²) in [6, 6.07) is 1.43. The van der Waals surface area contributed by atoms with Crippen LogP contribution in [0, 0.1) is 6.92 Å². The standard InChI is InChI=1S/C6H6O3.C2H6/c1-4-5(6(7)8)2-3-9-4;1-2/h2-3H,1H3,(H,7,8);1-2H3. The van der Waals surface area contributed by atoms with Crippen molar-refractivity contribution in [1.82, 2.24) is 0 Å². The summed E-state index contributed by atoms with van der Waals surface area (Å²) in [7, 11) is 0. The first kappa shape index (κ1) is 9.75. The second-order valence-electron chi connectivity index (χ2n) is 1.70. The van der Waals surface area contributed by atoms with E-state index < -0.39 is 5.97 Å². The zero-order chi connectivity index (χ0) is 8.85. The predicted molar refractivity (Wildman–Crippen MR) is 41.8 cm³/mol. The van der Waals surface area contributed by atoms with Crippen molar-refractivity contribution >= 4 is 5.97 Å². The maximum absolute atomic E-state index is 10.2. The number of carboxylic acids is 1. The molecule has 62 valence electrons. The van der Waals surface area contributed by atoms with Crippen LogP contribution in [0.4, 0.5) is 0 Å². The number of carbonyl (C=O) groups is 1. The molecule has 11 heavy (non-hydrogen) atoms. The molecule has 1 aromatic heterocycles. The van der Waals surface area contributed by atoms with Crippen molar-refractivity contribution in [3.63, 3.8) is 0 Å². The minimum atomic E-state index is -0.943. The molecule has 0 aromatic carbocycles. The van der Waals surface area contributed by atoms with E-state index in [2.05, 4.69) is 0 Å². The van der Waals surface area contributed by atoms with Crippen LogP contribution in [0.1, 0.15) is 30.0 Å². The summed E-state index contributed by atoms with van der Waals surface area (Å²) >= 11 is 0. The highest BCUT2D eigenvalue weighted by atomic mass is 16.4. The van der Waals surface area contributed by atoms with E-state index in [1.54, 1.807) is 6.92 Å². The molecule has 3 heteroatoms. The molecule has 0 fully saturated rings. The Morgan fingerprint density at radius 2 is 2.09 bits per heavy atom. The predicted octanol–water partition coefficient (Wildman–Crippen LogP) is 2.31. The average Bonchev–Trinajstić information content (AvgIpc) is 2.39. The first-order valence-corrected chi connectivity index (χ1v) is 3.49. The minimum absolute atomic E-state index is 0.231. The fraction of sp³-hybridized carbons (Fsp3) is 0.375. The van der Waals surface area contributed by atoms with E-state index >= 15 is 0 Å². The van der Waals surface area contributed by atoms with Gasteiger partial charge < -0.3 is 9.52 Å². The summed E-state index contributed by atoms with van der Waals surface area (Å²) in [4.78, 5) is 10.2. The Balaban J connectivity index is 0.000000461. The SMILES string of the molecule is CC.Cc1occc1C(=O)O. The minimum Gasteiger partial charge on any atom is -0.478 e. The van der Waals surface area contributed by atoms with Crippen LogP contribution in [0.3, 0.4) is 0 Å². The molecule has 0 amide bonds. The van der Waals surface area contributed by atoms with Gasteiger partial charge in [-0.15, -0.1) is 0 Å². The molecule has 0 spiro atoms. The molecule has 1 aromatic rings. The van der Waals surface area contributed by atoms with Gasteiger partial charge in [-0.25, -0.2) is 4.79 Å². The summed E-state index contributed by atoms with van der Waals surface area (Å²) in [5, 5.41) is 8.39. The van der Waals surface area contributed by atoms with Crippen molar-refractivity contribution < 1.29 is 14.3 Å². The highest BCUT2D eigenvalue weighted by Gasteiger charge is 2.07. The second kappa shape index (κ2) is 4.55. The van der Waals surface area contributed by atoms with E-state index in [1.807, 2.05) is 13.8 Å². The van der Waals surface area contributed by atoms with Crippen molar-refractivity contribution in [3.05, 3.63) is 23.7 Å². The highest BCUT2D eigenvalue weighted by Crippen LogP contribution is 2.07. The van der Waals surface area contributed by atoms with Gasteiger partial charge in [-0.3, -0.25) is 0 Å². The zero-order valence-corrected chi connectivity index (χ0v) is 6.92. The van der Waals surface area contributed by atoms with Crippen molar-refractivity contribution in [1.29, 1.82) is 0 Å². The number of furan rings is 1. The molecular formula is C8H12O3. The molecule has 1 N–H and O–H groups in total. The molecule has 1 rings (SSSR count). The first-order valence-electron chi connectivity index (χ1n) is 3.49.